The molecule has 0 fully saturated rings. The molecule has 0 bridgehead atoms. The fourth-order valence-electron chi connectivity index (χ4n) is 7.79. The molecule has 402 valence electrons. The van der Waals surface area contributed by atoms with Crippen molar-refractivity contribution in [2.45, 2.75) is 96.2 Å². The Bertz CT molecular complexity index is 3000. The highest BCUT2D eigenvalue weighted by Gasteiger charge is 2.33. The van der Waals surface area contributed by atoms with E-state index in [-0.39, 0.29) is 71.6 Å². The zero-order chi connectivity index (χ0) is 56.0. The minimum atomic E-state index is -1.68. The molecule has 0 aliphatic heterocycles. The molecule has 3 unspecified atom stereocenters. The molecule has 9 N–H and O–H groups in total. The quantitative estimate of drug-likeness (QED) is 0.0106. The summed E-state index contributed by atoms with van der Waals surface area (Å²) in [6, 6.07) is 25.9. The van der Waals surface area contributed by atoms with Gasteiger partial charge in [-0.3, -0.25) is 43.2 Å². The Balaban J connectivity index is 1.46. The van der Waals surface area contributed by atoms with Crippen LogP contribution in [0.2, 0.25) is 0 Å². The molecule has 3 atom stereocenters. The van der Waals surface area contributed by atoms with Gasteiger partial charge in [0.25, 0.3) is 11.8 Å². The molecule has 0 aromatic heterocycles. The second kappa shape index (κ2) is 28.9. The van der Waals surface area contributed by atoms with Gasteiger partial charge in [-0.05, 0) is 91.1 Å². The maximum atomic E-state index is 14.6. The van der Waals surface area contributed by atoms with E-state index >= 15 is 0 Å². The van der Waals surface area contributed by atoms with E-state index in [4.69, 9.17) is 15.6 Å². The summed E-state index contributed by atoms with van der Waals surface area (Å²) in [7, 11) is 0. The number of esters is 1. The van der Waals surface area contributed by atoms with Gasteiger partial charge in [0, 0.05) is 72.0 Å². The van der Waals surface area contributed by atoms with Crippen molar-refractivity contribution in [1.82, 2.24) is 16.0 Å². The summed E-state index contributed by atoms with van der Waals surface area (Å²) >= 11 is 0. The minimum absolute atomic E-state index is 0.0239. The zero-order valence-electron chi connectivity index (χ0n) is 42.4. The average Bonchev–Trinajstić information content (AvgIpc) is 3.41. The van der Waals surface area contributed by atoms with Gasteiger partial charge in [0.15, 0.2) is 17.3 Å². The van der Waals surface area contributed by atoms with Crippen LogP contribution in [0.25, 0.3) is 11.1 Å². The van der Waals surface area contributed by atoms with Crippen molar-refractivity contribution < 1.29 is 67.7 Å². The summed E-state index contributed by atoms with van der Waals surface area (Å²) in [5, 5.41) is 31.5. The van der Waals surface area contributed by atoms with Gasteiger partial charge in [-0.15, -0.1) is 0 Å². The number of unbranched alkanes of at least 4 members (excludes halogenated alkanes) is 1. The molecule has 0 heterocycles. The third-order valence-corrected chi connectivity index (χ3v) is 11.9. The number of carboxylic acids is 2. The molecule has 20 heteroatoms. The number of benzene rings is 5. The van der Waals surface area contributed by atoms with E-state index in [1.807, 2.05) is 6.92 Å². The summed E-state index contributed by atoms with van der Waals surface area (Å²) in [5.41, 5.74) is 7.17. The standard InChI is InChI=1S/C57H60N6O14/c1-3-5-28-77-57(76)46(33-48(65)38-20-12-13-21-42(38)61-53(71)34-16-8-6-9-17-34)63-55(73)44(59-50(67)15-4-2)31-47(64)39-26-24-37(30-43(39)62-54(72)35-18-10-7-11-19-35)36-25-27-41(58)40(29-36)49(66)32-45(56(74)75)60-51(68)22-14-23-52(69)70/h6-13,16-21,24-27,29-30,44-46H,3-5,14-15,22-23,28,31-33,58H2,1-2H3,(H,59,67)(H,60,68)(H,61,71)(H,62,72)(H,63,73)(H,69,70)(H,74,75). The maximum absolute atomic E-state index is 14.6. The van der Waals surface area contributed by atoms with E-state index in [0.29, 0.717) is 36.0 Å². The van der Waals surface area contributed by atoms with Gasteiger partial charge in [-0.25, -0.2) is 9.59 Å². The van der Waals surface area contributed by atoms with Gasteiger partial charge in [-0.2, -0.15) is 0 Å². The molecule has 5 amide bonds. The van der Waals surface area contributed by atoms with E-state index in [0.717, 1.165) is 0 Å². The number of anilines is 3. The normalized spacial score (nSPS) is 11.9. The third kappa shape index (κ3) is 17.7. The van der Waals surface area contributed by atoms with Crippen LogP contribution in [-0.2, 0) is 33.5 Å². The van der Waals surface area contributed by atoms with Crippen LogP contribution in [0.5, 0.6) is 0 Å². The first kappa shape index (κ1) is 58.6. The fraction of sp³-hybridized carbons (Fsp3) is 0.281. The van der Waals surface area contributed by atoms with Gasteiger partial charge in [0.1, 0.15) is 18.1 Å². The molecular weight excluding hydrogens is 993 g/mol. The number of nitrogens with two attached hydrogens (primary N) is 1. The largest absolute Gasteiger partial charge is 0.481 e. The van der Waals surface area contributed by atoms with Crippen molar-refractivity contribution in [3.8, 4) is 11.1 Å². The van der Waals surface area contributed by atoms with E-state index in [1.165, 1.54) is 60.7 Å². The van der Waals surface area contributed by atoms with Crippen molar-refractivity contribution in [1.29, 1.82) is 0 Å². The molecule has 5 aromatic rings. The number of hydrogen-bond donors (Lipinski definition) is 8. The Hall–Kier alpha value is -9.33. The highest BCUT2D eigenvalue weighted by Crippen LogP contribution is 2.31. The van der Waals surface area contributed by atoms with E-state index in [2.05, 4.69) is 26.6 Å². The Kier molecular flexibility index (Phi) is 22.0. The van der Waals surface area contributed by atoms with E-state index in [1.54, 1.807) is 67.6 Å². The zero-order valence-corrected chi connectivity index (χ0v) is 42.4. The topological polar surface area (TPSA) is 324 Å². The molecule has 5 rings (SSSR count). The Morgan fingerprint density at radius 2 is 1.03 bits per heavy atom. The maximum Gasteiger partial charge on any atom is 0.329 e. The highest BCUT2D eigenvalue weighted by atomic mass is 16.5. The van der Waals surface area contributed by atoms with Gasteiger partial charge in [0.05, 0.1) is 18.0 Å². The number of rotatable bonds is 29. The van der Waals surface area contributed by atoms with Gasteiger partial charge >= 0.3 is 17.9 Å². The summed E-state index contributed by atoms with van der Waals surface area (Å²) in [6.45, 7) is 3.55. The van der Waals surface area contributed by atoms with Crippen LogP contribution in [0.3, 0.4) is 0 Å². The number of para-hydroxylation sites is 1. The van der Waals surface area contributed by atoms with Crippen molar-refractivity contribution in [2.24, 2.45) is 0 Å². The summed E-state index contributed by atoms with van der Waals surface area (Å²) in [5.74, 6) is -9.38. The van der Waals surface area contributed by atoms with Crippen molar-refractivity contribution in [2.75, 3.05) is 23.0 Å². The van der Waals surface area contributed by atoms with Crippen LogP contribution in [-0.4, -0.2) is 99.7 Å². The first-order valence-electron chi connectivity index (χ1n) is 24.8. The number of Topliss-reactive ketones (excluding diaryl/α,β-unsaturated/α-hetero) is 3. The van der Waals surface area contributed by atoms with Crippen LogP contribution in [0.15, 0.2) is 121 Å². The predicted molar refractivity (Wildman–Crippen MR) is 284 cm³/mol. The monoisotopic (exact) mass is 1050 g/mol. The Labute approximate surface area is 443 Å². The van der Waals surface area contributed by atoms with Gasteiger partial charge in [-0.1, -0.05) is 80.9 Å². The number of carbonyl (C=O) groups excluding carboxylic acids is 9. The van der Waals surface area contributed by atoms with Crippen molar-refractivity contribution in [3.05, 3.63) is 149 Å². The Morgan fingerprint density at radius 1 is 0.506 bits per heavy atom. The molecule has 0 saturated heterocycles. The second-order valence-electron chi connectivity index (χ2n) is 17.8. The predicted octanol–water partition coefficient (Wildman–Crippen LogP) is 6.80. The number of nitrogen functional groups attached to an aromatic ring is 1. The molecule has 20 nitrogen and oxygen atoms in total. The molecule has 0 aliphatic carbocycles. The first-order valence-corrected chi connectivity index (χ1v) is 24.8. The lowest BCUT2D eigenvalue weighted by Crippen LogP contribution is -2.53. The van der Waals surface area contributed by atoms with Crippen LogP contribution >= 0.6 is 0 Å². The van der Waals surface area contributed by atoms with Crippen molar-refractivity contribution >= 4 is 81.9 Å². The lowest BCUT2D eigenvalue weighted by atomic mass is 9.94. The summed E-state index contributed by atoms with van der Waals surface area (Å²) in [6.07, 6.45) is -1.35. The number of amides is 5. The molecule has 0 saturated carbocycles. The molecule has 0 aliphatic rings. The van der Waals surface area contributed by atoms with Crippen molar-refractivity contribution in [3.63, 3.8) is 0 Å². The number of aliphatic carboxylic acids is 2. The fourth-order valence-corrected chi connectivity index (χ4v) is 7.79. The molecule has 5 aromatic carbocycles. The highest BCUT2D eigenvalue weighted by molar-refractivity contribution is 6.13. The van der Waals surface area contributed by atoms with Crippen LogP contribution in [0.1, 0.15) is 130 Å². The van der Waals surface area contributed by atoms with Gasteiger partial charge in [0.2, 0.25) is 17.7 Å². The van der Waals surface area contributed by atoms with E-state index in [9.17, 15) is 57.8 Å². The molecular formula is C57H60N6O14. The van der Waals surface area contributed by atoms with Crippen LogP contribution < -0.4 is 32.3 Å². The molecule has 77 heavy (non-hydrogen) atoms. The molecule has 0 spiro atoms. The minimum Gasteiger partial charge on any atom is -0.481 e. The third-order valence-electron chi connectivity index (χ3n) is 11.9. The number of nitrogens with one attached hydrogen (secondary N) is 5. The summed E-state index contributed by atoms with van der Waals surface area (Å²) < 4.78 is 5.46. The average molecular weight is 1050 g/mol. The number of ketones is 3. The van der Waals surface area contributed by atoms with Gasteiger partial charge < -0.3 is 47.3 Å². The number of carboxylic acid groups (broad SMARTS) is 2. The first-order chi connectivity index (χ1) is 36.9. The SMILES string of the molecule is CCCCOC(=O)C(CC(=O)c1ccccc1NC(=O)c1ccccc1)NC(=O)C(CC(=O)c1ccc(-c2ccc(N)c(C(=O)CC(NC(=O)CCCC(=O)O)C(=O)O)c2)cc1NC(=O)c1ccccc1)NC(=O)CCC. The Morgan fingerprint density at radius 3 is 1.64 bits per heavy atom. The summed E-state index contributed by atoms with van der Waals surface area (Å²) in [4.78, 5) is 146. The van der Waals surface area contributed by atoms with E-state index < -0.39 is 102 Å². The molecule has 0 radical (unpaired) electrons. The smallest absolute Gasteiger partial charge is 0.329 e. The number of ether oxygens (including phenoxy) is 1. The lowest BCUT2D eigenvalue weighted by molar-refractivity contribution is -0.148. The lowest BCUT2D eigenvalue weighted by Gasteiger charge is -2.23. The number of carbonyl (C=O) groups is 11. The van der Waals surface area contributed by atoms with Crippen LogP contribution in [0, 0.1) is 0 Å². The van der Waals surface area contributed by atoms with Crippen LogP contribution in [0.4, 0.5) is 17.1 Å². The second-order valence-corrected chi connectivity index (χ2v) is 17.8. The number of hydrogen-bond acceptors (Lipinski definition) is 13.